The molecule has 1 aromatic carbocycles. The molecular formula is C38H45N7O2. The van der Waals surface area contributed by atoms with Crippen LogP contribution in [0, 0.1) is 11.3 Å². The quantitative estimate of drug-likeness (QED) is 0.242. The van der Waals surface area contributed by atoms with Gasteiger partial charge in [-0.25, -0.2) is 0 Å². The number of tetrazole rings is 1. The number of rotatable bonds is 9. The van der Waals surface area contributed by atoms with Crippen LogP contribution >= 0.6 is 0 Å². The Balaban J connectivity index is 1.06. The van der Waals surface area contributed by atoms with Crippen LogP contribution in [0.2, 0.25) is 0 Å². The molecule has 2 atom stereocenters. The Bertz CT molecular complexity index is 1790. The van der Waals surface area contributed by atoms with Crippen molar-refractivity contribution in [3.05, 3.63) is 99.0 Å². The van der Waals surface area contributed by atoms with E-state index in [2.05, 4.69) is 82.5 Å². The van der Waals surface area contributed by atoms with E-state index >= 15 is 0 Å². The largest absolute Gasteiger partial charge is 0.328 e. The molecule has 0 spiro atoms. The van der Waals surface area contributed by atoms with Crippen molar-refractivity contribution in [3.8, 4) is 11.1 Å². The fraction of sp³-hybridized carbons (Fsp3) is 0.474. The van der Waals surface area contributed by atoms with Crippen molar-refractivity contribution in [1.29, 1.82) is 0 Å². The molecule has 1 aliphatic heterocycles. The molecule has 47 heavy (non-hydrogen) atoms. The van der Waals surface area contributed by atoms with Crippen molar-refractivity contribution in [3.63, 3.8) is 0 Å². The highest BCUT2D eigenvalue weighted by atomic mass is 16.1. The summed E-state index contributed by atoms with van der Waals surface area (Å²) in [5.74, 6) is 0.974. The van der Waals surface area contributed by atoms with Crippen LogP contribution in [-0.2, 0) is 24.1 Å². The second-order valence-electron chi connectivity index (χ2n) is 14.8. The van der Waals surface area contributed by atoms with Gasteiger partial charge in [-0.05, 0) is 114 Å². The topological polar surface area (TPSA) is 110 Å². The van der Waals surface area contributed by atoms with Crippen LogP contribution in [0.25, 0.3) is 17.2 Å². The average Bonchev–Trinajstić information content (AvgIpc) is 3.76. The fourth-order valence-electron chi connectivity index (χ4n) is 7.66. The summed E-state index contributed by atoms with van der Waals surface area (Å²) < 4.78 is 0. The van der Waals surface area contributed by atoms with Crippen molar-refractivity contribution in [2.45, 2.75) is 84.1 Å². The standard InChI is InChI=1S/C38H45N7O2/c1-38(2,3)32-9-10-34-30(20-32)18-29-19-31(21-35(29)42-34)36(46)22-27(12-15-44-16-13-33(14-17-44)45-41-24-40-43-45)25-4-6-26(7-5-25)28-8-11-37(47)39-23-28/h4-8,11,18-19,23-24,27,32-33H,9-10,12-17,20-22H2,1-3H3,(H,39,47)/t27-,32-/m0/s1. The molecule has 4 heterocycles. The Morgan fingerprint density at radius 1 is 1.02 bits per heavy atom. The number of nitrogens with one attached hydrogen (secondary N) is 1. The van der Waals surface area contributed by atoms with Crippen LogP contribution in [0.4, 0.5) is 0 Å². The van der Waals surface area contributed by atoms with Crippen LogP contribution in [-0.4, -0.2) is 60.5 Å². The zero-order valence-electron chi connectivity index (χ0n) is 27.8. The number of H-pyrrole nitrogens is 1. The molecular weight excluding hydrogens is 586 g/mol. The maximum Gasteiger partial charge on any atom is 0.247 e. The average molecular weight is 632 g/mol. The van der Waals surface area contributed by atoms with Gasteiger partial charge in [-0.3, -0.25) is 14.6 Å². The Labute approximate surface area is 276 Å². The van der Waals surface area contributed by atoms with E-state index in [1.807, 2.05) is 6.07 Å². The van der Waals surface area contributed by atoms with Crippen molar-refractivity contribution >= 4 is 11.9 Å². The molecule has 0 radical (unpaired) electrons. The molecule has 0 unspecified atom stereocenters. The third-order valence-corrected chi connectivity index (χ3v) is 10.7. The fourth-order valence-corrected chi connectivity index (χ4v) is 7.66. The number of aryl methyl sites for hydroxylation is 1. The number of piperidine rings is 1. The van der Waals surface area contributed by atoms with Gasteiger partial charge in [0.2, 0.25) is 5.56 Å². The van der Waals surface area contributed by atoms with Gasteiger partial charge in [-0.15, -0.1) is 10.2 Å². The van der Waals surface area contributed by atoms with E-state index in [1.165, 1.54) is 29.6 Å². The predicted molar refractivity (Wildman–Crippen MR) is 183 cm³/mol. The highest BCUT2D eigenvalue weighted by Crippen LogP contribution is 2.39. The number of ketones is 1. The first-order valence-corrected chi connectivity index (χ1v) is 17.2. The summed E-state index contributed by atoms with van der Waals surface area (Å²) in [4.78, 5) is 37.7. The number of nitrogens with zero attached hydrogens (tertiary/aromatic N) is 6. The van der Waals surface area contributed by atoms with Gasteiger partial charge in [-0.2, -0.15) is 4.80 Å². The Hall–Kier alpha value is -4.24. The van der Waals surface area contributed by atoms with Gasteiger partial charge in [-0.1, -0.05) is 45.0 Å². The summed E-state index contributed by atoms with van der Waals surface area (Å²) >= 11 is 0. The molecule has 0 amide bonds. The lowest BCUT2D eigenvalue weighted by Crippen LogP contribution is -2.36. The Morgan fingerprint density at radius 3 is 2.51 bits per heavy atom. The number of hydrogen-bond donors (Lipinski definition) is 1. The number of pyridine rings is 2. The number of aromatic nitrogens is 6. The number of carbonyl (C=O) groups is 1. The monoisotopic (exact) mass is 631 g/mol. The van der Waals surface area contributed by atoms with Gasteiger partial charge < -0.3 is 9.88 Å². The van der Waals surface area contributed by atoms with Crippen LogP contribution in [0.5, 0.6) is 0 Å². The zero-order chi connectivity index (χ0) is 32.5. The Kier molecular flexibility index (Phi) is 8.75. The predicted octanol–water partition coefficient (Wildman–Crippen LogP) is 5.98. The SMILES string of the molecule is CC(C)(C)[C@H]1CCc2nc3c(cc2C1)C=C(C(=O)C[C@H](CCN1CCC(n2ncnn2)CC1)c1ccc(-c2ccc(=O)[nH]c2)cc1)C3. The zero-order valence-corrected chi connectivity index (χ0v) is 27.8. The van der Waals surface area contributed by atoms with Crippen LogP contribution in [0.3, 0.4) is 0 Å². The normalized spacial score (nSPS) is 19.2. The maximum atomic E-state index is 14.0. The molecule has 1 saturated heterocycles. The maximum absolute atomic E-state index is 14.0. The van der Waals surface area contributed by atoms with E-state index in [0.29, 0.717) is 24.8 Å². The lowest BCUT2D eigenvalue weighted by molar-refractivity contribution is -0.116. The molecule has 2 aliphatic carbocycles. The minimum atomic E-state index is -0.113. The van der Waals surface area contributed by atoms with E-state index < -0.39 is 0 Å². The van der Waals surface area contributed by atoms with E-state index in [0.717, 1.165) is 79.7 Å². The third kappa shape index (κ3) is 7.05. The van der Waals surface area contributed by atoms with Gasteiger partial charge in [0.15, 0.2) is 12.1 Å². The number of Topliss-reactive ketones (excluding diaryl/α,β-unsaturated/α-hetero) is 1. The molecule has 9 heteroatoms. The van der Waals surface area contributed by atoms with Crippen LogP contribution < -0.4 is 5.56 Å². The van der Waals surface area contributed by atoms with Gasteiger partial charge in [0, 0.05) is 49.5 Å². The number of carbonyl (C=O) groups excluding carboxylic acids is 1. The minimum Gasteiger partial charge on any atom is -0.328 e. The summed E-state index contributed by atoms with van der Waals surface area (Å²) in [5.41, 5.74) is 9.02. The smallest absolute Gasteiger partial charge is 0.247 e. The Morgan fingerprint density at radius 2 is 1.81 bits per heavy atom. The second kappa shape index (κ2) is 13.1. The minimum absolute atomic E-state index is 0.0974. The third-order valence-electron chi connectivity index (χ3n) is 10.7. The summed E-state index contributed by atoms with van der Waals surface area (Å²) in [6, 6.07) is 14.5. The first-order valence-electron chi connectivity index (χ1n) is 17.2. The van der Waals surface area contributed by atoms with Gasteiger partial charge in [0.25, 0.3) is 0 Å². The lowest BCUT2D eigenvalue weighted by atomic mass is 9.71. The molecule has 9 nitrogen and oxygen atoms in total. The summed E-state index contributed by atoms with van der Waals surface area (Å²) in [6.45, 7) is 9.90. The summed E-state index contributed by atoms with van der Waals surface area (Å²) in [6.07, 6.45) is 12.6. The van der Waals surface area contributed by atoms with Crippen molar-refractivity contribution < 1.29 is 4.79 Å². The first-order chi connectivity index (χ1) is 22.7. The first kappa shape index (κ1) is 31.4. The van der Waals surface area contributed by atoms with E-state index in [1.54, 1.807) is 17.1 Å². The van der Waals surface area contributed by atoms with Crippen molar-refractivity contribution in [2.75, 3.05) is 19.6 Å². The van der Waals surface area contributed by atoms with Crippen molar-refractivity contribution in [1.82, 2.24) is 35.1 Å². The van der Waals surface area contributed by atoms with E-state index in [-0.39, 0.29) is 22.7 Å². The molecule has 1 N–H and O–H groups in total. The van der Waals surface area contributed by atoms with Crippen LogP contribution in [0.15, 0.2) is 65.4 Å². The van der Waals surface area contributed by atoms with Gasteiger partial charge in [0.1, 0.15) is 0 Å². The number of benzene rings is 1. The summed E-state index contributed by atoms with van der Waals surface area (Å²) in [7, 11) is 0. The second-order valence-corrected chi connectivity index (χ2v) is 14.8. The number of fused-ring (bicyclic) bond motifs is 2. The number of allylic oxidation sites excluding steroid dienone is 1. The van der Waals surface area contributed by atoms with Crippen LogP contribution in [0.1, 0.15) is 92.9 Å². The van der Waals surface area contributed by atoms with Crippen molar-refractivity contribution in [2.24, 2.45) is 11.3 Å². The van der Waals surface area contributed by atoms with E-state index in [4.69, 9.17) is 4.98 Å². The molecule has 0 bridgehead atoms. The molecule has 3 aromatic heterocycles. The van der Waals surface area contributed by atoms with Gasteiger partial charge in [0.05, 0.1) is 11.7 Å². The molecule has 244 valence electrons. The number of aromatic amines is 1. The lowest BCUT2D eigenvalue weighted by Gasteiger charge is -2.34. The number of likely N-dealkylation sites (tertiary alicyclic amines) is 1. The highest BCUT2D eigenvalue weighted by Gasteiger charge is 2.31. The molecule has 4 aromatic rings. The van der Waals surface area contributed by atoms with Gasteiger partial charge >= 0.3 is 0 Å². The van der Waals surface area contributed by atoms with E-state index in [9.17, 15) is 9.59 Å². The number of hydrogen-bond acceptors (Lipinski definition) is 7. The molecule has 7 rings (SSSR count). The molecule has 3 aliphatic rings. The molecule has 1 fully saturated rings. The summed E-state index contributed by atoms with van der Waals surface area (Å²) in [5, 5.41) is 12.2. The molecule has 0 saturated carbocycles. The highest BCUT2D eigenvalue weighted by molar-refractivity contribution is 6.02.